The van der Waals surface area contributed by atoms with Crippen LogP contribution in [0.5, 0.6) is 0 Å². The third-order valence-electron chi connectivity index (χ3n) is 3.47. The fraction of sp³-hybridized carbons (Fsp3) is 1.00. The molecule has 14 heavy (non-hydrogen) atoms. The topological polar surface area (TPSA) is 15.3 Å². The van der Waals surface area contributed by atoms with Crippen molar-refractivity contribution in [3.63, 3.8) is 0 Å². The second kappa shape index (κ2) is 5.99. The lowest BCUT2D eigenvalue weighted by atomic mass is 10.0. The first-order valence-electron chi connectivity index (χ1n) is 5.61. The lowest BCUT2D eigenvalue weighted by Gasteiger charge is -2.34. The van der Waals surface area contributed by atoms with Crippen molar-refractivity contribution in [2.75, 3.05) is 32.1 Å². The maximum absolute atomic E-state index is 3.26. The maximum atomic E-state index is 3.26. The van der Waals surface area contributed by atoms with Gasteiger partial charge in [-0.05, 0) is 45.7 Å². The van der Waals surface area contributed by atoms with Crippen molar-refractivity contribution in [1.82, 2.24) is 10.2 Å². The molecule has 3 atom stereocenters. The Morgan fingerprint density at radius 3 is 2.71 bits per heavy atom. The highest BCUT2D eigenvalue weighted by atomic mass is 32.2. The van der Waals surface area contributed by atoms with Crippen LogP contribution in [0, 0.1) is 5.92 Å². The van der Waals surface area contributed by atoms with Crippen molar-refractivity contribution >= 4 is 11.8 Å². The summed E-state index contributed by atoms with van der Waals surface area (Å²) in [5, 5.41) is 3.26. The molecule has 2 nitrogen and oxygen atoms in total. The van der Waals surface area contributed by atoms with Gasteiger partial charge in [0.05, 0.1) is 0 Å². The Bertz CT molecular complexity index is 157. The molecule has 84 valence electrons. The molecule has 1 rings (SSSR count). The van der Waals surface area contributed by atoms with Crippen LogP contribution in [0.1, 0.15) is 20.3 Å². The van der Waals surface area contributed by atoms with Gasteiger partial charge in [-0.15, -0.1) is 0 Å². The van der Waals surface area contributed by atoms with E-state index in [4.69, 9.17) is 0 Å². The third-order valence-corrected chi connectivity index (χ3v) is 4.62. The van der Waals surface area contributed by atoms with E-state index in [9.17, 15) is 0 Å². The zero-order valence-corrected chi connectivity index (χ0v) is 10.7. The second-order valence-electron chi connectivity index (χ2n) is 4.46. The van der Waals surface area contributed by atoms with Crippen molar-refractivity contribution in [1.29, 1.82) is 0 Å². The molecule has 1 N–H and O–H groups in total. The van der Waals surface area contributed by atoms with E-state index in [1.807, 2.05) is 7.05 Å². The van der Waals surface area contributed by atoms with E-state index < -0.39 is 0 Å². The molecule has 1 saturated heterocycles. The van der Waals surface area contributed by atoms with E-state index in [-0.39, 0.29) is 0 Å². The monoisotopic (exact) mass is 216 g/mol. The molecule has 3 heteroatoms. The number of hydrogen-bond acceptors (Lipinski definition) is 3. The molecular formula is C11H24N2S. The van der Waals surface area contributed by atoms with Crippen LogP contribution in [-0.2, 0) is 0 Å². The summed E-state index contributed by atoms with van der Waals surface area (Å²) in [6.07, 6.45) is 1.37. The highest BCUT2D eigenvalue weighted by Gasteiger charge is 2.25. The largest absolute Gasteiger partial charge is 0.319 e. The Balaban J connectivity index is 2.37. The Morgan fingerprint density at radius 1 is 1.50 bits per heavy atom. The van der Waals surface area contributed by atoms with E-state index >= 15 is 0 Å². The minimum Gasteiger partial charge on any atom is -0.319 e. The number of rotatable bonds is 5. The molecule has 0 aromatic rings. The predicted molar refractivity (Wildman–Crippen MR) is 66.0 cm³/mol. The summed E-state index contributed by atoms with van der Waals surface area (Å²) in [6.45, 7) is 5.80. The van der Waals surface area contributed by atoms with Crippen LogP contribution in [0.15, 0.2) is 0 Å². The predicted octanol–water partition coefficient (Wildman–Crippen LogP) is 1.67. The van der Waals surface area contributed by atoms with Crippen molar-refractivity contribution in [3.8, 4) is 0 Å². The van der Waals surface area contributed by atoms with Crippen LogP contribution < -0.4 is 5.32 Å². The summed E-state index contributed by atoms with van der Waals surface area (Å²) < 4.78 is 0. The Kier molecular flexibility index (Phi) is 5.28. The number of nitrogens with zero attached hydrogens (tertiary/aromatic N) is 1. The SMILES string of the molecule is CNCC(C)C(C)N(C)C1CCSC1. The summed E-state index contributed by atoms with van der Waals surface area (Å²) in [4.78, 5) is 2.57. The summed E-state index contributed by atoms with van der Waals surface area (Å²) in [7, 11) is 4.32. The average molecular weight is 216 g/mol. The summed E-state index contributed by atoms with van der Waals surface area (Å²) >= 11 is 2.10. The minimum absolute atomic E-state index is 0.686. The van der Waals surface area contributed by atoms with Crippen molar-refractivity contribution < 1.29 is 0 Å². The van der Waals surface area contributed by atoms with Gasteiger partial charge in [-0.25, -0.2) is 0 Å². The second-order valence-corrected chi connectivity index (χ2v) is 5.61. The molecule has 1 aliphatic heterocycles. The van der Waals surface area contributed by atoms with Gasteiger partial charge in [0.15, 0.2) is 0 Å². The zero-order valence-electron chi connectivity index (χ0n) is 9.92. The van der Waals surface area contributed by atoms with E-state index in [0.29, 0.717) is 6.04 Å². The molecule has 0 amide bonds. The van der Waals surface area contributed by atoms with Crippen LogP contribution >= 0.6 is 11.8 Å². The fourth-order valence-corrected chi connectivity index (χ4v) is 3.35. The van der Waals surface area contributed by atoms with Crippen LogP contribution in [0.3, 0.4) is 0 Å². The molecule has 1 heterocycles. The van der Waals surface area contributed by atoms with E-state index in [2.05, 4.69) is 42.9 Å². The van der Waals surface area contributed by atoms with Gasteiger partial charge in [-0.3, -0.25) is 4.90 Å². The molecule has 1 fully saturated rings. The first kappa shape index (κ1) is 12.3. The number of hydrogen-bond donors (Lipinski definition) is 1. The van der Waals surface area contributed by atoms with Crippen molar-refractivity contribution in [2.45, 2.75) is 32.4 Å². The fourth-order valence-electron chi connectivity index (χ4n) is 2.07. The molecule has 0 aliphatic carbocycles. The van der Waals surface area contributed by atoms with Crippen molar-refractivity contribution in [3.05, 3.63) is 0 Å². The first-order chi connectivity index (χ1) is 6.66. The first-order valence-corrected chi connectivity index (χ1v) is 6.76. The summed E-state index contributed by atoms with van der Waals surface area (Å²) in [5.74, 6) is 3.41. The minimum atomic E-state index is 0.686. The summed E-state index contributed by atoms with van der Waals surface area (Å²) in [6, 6.07) is 1.50. The van der Waals surface area contributed by atoms with Crippen LogP contribution in [0.4, 0.5) is 0 Å². The molecule has 1 aliphatic rings. The molecule has 0 aromatic carbocycles. The van der Waals surface area contributed by atoms with Gasteiger partial charge in [0, 0.05) is 17.8 Å². The Hall–Kier alpha value is 0.270. The van der Waals surface area contributed by atoms with Crippen LogP contribution in [0.2, 0.25) is 0 Å². The number of nitrogens with one attached hydrogen (secondary N) is 1. The molecule has 0 radical (unpaired) electrons. The lowest BCUT2D eigenvalue weighted by molar-refractivity contribution is 0.153. The van der Waals surface area contributed by atoms with Gasteiger partial charge < -0.3 is 5.32 Å². The average Bonchev–Trinajstić information content (AvgIpc) is 2.68. The molecule has 3 unspecified atom stereocenters. The lowest BCUT2D eigenvalue weighted by Crippen LogP contribution is -2.44. The molecular weight excluding hydrogens is 192 g/mol. The summed E-state index contributed by atoms with van der Waals surface area (Å²) in [5.41, 5.74) is 0. The highest BCUT2D eigenvalue weighted by Crippen LogP contribution is 2.24. The van der Waals surface area contributed by atoms with Gasteiger partial charge >= 0.3 is 0 Å². The normalized spacial score (nSPS) is 26.8. The van der Waals surface area contributed by atoms with E-state index in [0.717, 1.165) is 18.5 Å². The molecule has 0 aromatic heterocycles. The smallest absolute Gasteiger partial charge is 0.0194 e. The van der Waals surface area contributed by atoms with Crippen LogP contribution in [0.25, 0.3) is 0 Å². The van der Waals surface area contributed by atoms with Gasteiger partial charge in [0.1, 0.15) is 0 Å². The van der Waals surface area contributed by atoms with E-state index in [1.165, 1.54) is 17.9 Å². The van der Waals surface area contributed by atoms with Gasteiger partial charge in [0.25, 0.3) is 0 Å². The Labute approximate surface area is 92.8 Å². The zero-order chi connectivity index (χ0) is 10.6. The molecule has 0 bridgehead atoms. The quantitative estimate of drug-likeness (QED) is 0.752. The Morgan fingerprint density at radius 2 is 2.21 bits per heavy atom. The van der Waals surface area contributed by atoms with Crippen molar-refractivity contribution in [2.24, 2.45) is 5.92 Å². The molecule has 0 saturated carbocycles. The third kappa shape index (κ3) is 3.14. The van der Waals surface area contributed by atoms with Gasteiger partial charge in [-0.2, -0.15) is 11.8 Å². The number of thioether (sulfide) groups is 1. The van der Waals surface area contributed by atoms with E-state index in [1.54, 1.807) is 0 Å². The van der Waals surface area contributed by atoms with Gasteiger partial charge in [0.2, 0.25) is 0 Å². The molecule has 0 spiro atoms. The van der Waals surface area contributed by atoms with Crippen LogP contribution in [-0.4, -0.2) is 49.1 Å². The van der Waals surface area contributed by atoms with Gasteiger partial charge in [-0.1, -0.05) is 6.92 Å². The highest BCUT2D eigenvalue weighted by molar-refractivity contribution is 7.99. The maximum Gasteiger partial charge on any atom is 0.0194 e. The standard InChI is InChI=1S/C11H24N2S/c1-9(7-12-3)10(2)13(4)11-5-6-14-8-11/h9-12H,5-8H2,1-4H3.